The smallest absolute Gasteiger partial charge is 0.0921 e. The van der Waals surface area contributed by atoms with Crippen molar-refractivity contribution in [2.24, 2.45) is 0 Å². The highest BCUT2D eigenvalue weighted by molar-refractivity contribution is 4.94. The largest absolute Gasteiger partial charge is 0.380 e. The van der Waals surface area contributed by atoms with Crippen LogP contribution in [0.15, 0.2) is 12.5 Å². The highest BCUT2D eigenvalue weighted by Crippen LogP contribution is 1.92. The molecular weight excluding hydrogens is 226 g/mol. The summed E-state index contributed by atoms with van der Waals surface area (Å²) in [4.78, 5) is 7.07. The van der Waals surface area contributed by atoms with E-state index in [-0.39, 0.29) is 0 Å². The summed E-state index contributed by atoms with van der Waals surface area (Å²) in [5, 5.41) is 3.41. The Morgan fingerprint density at radius 1 is 1.33 bits per heavy atom. The zero-order chi connectivity index (χ0) is 12.9. The average molecular weight is 249 g/mol. The summed E-state index contributed by atoms with van der Waals surface area (Å²) in [5.74, 6) is 5.84. The molecule has 0 radical (unpaired) electrons. The molecule has 0 saturated carbocycles. The van der Waals surface area contributed by atoms with Gasteiger partial charge in [-0.1, -0.05) is 0 Å². The van der Waals surface area contributed by atoms with E-state index in [1.165, 1.54) is 5.69 Å². The predicted octanol–water partition coefficient (Wildman–Crippen LogP) is 1.75. The molecule has 0 unspecified atom stereocenters. The molecule has 0 aromatic carbocycles. The Bertz CT molecular complexity index is 338. The predicted molar refractivity (Wildman–Crippen MR) is 73.3 cm³/mol. The third kappa shape index (κ3) is 7.88. The number of unbranched alkanes of at least 4 members (excludes halogenated alkanes) is 1. The molecule has 0 atom stereocenters. The Hall–Kier alpha value is -1.31. The molecule has 0 amide bonds. The monoisotopic (exact) mass is 249 g/mol. The van der Waals surface area contributed by atoms with Gasteiger partial charge in [0.1, 0.15) is 0 Å². The number of rotatable bonds is 10. The van der Waals surface area contributed by atoms with Gasteiger partial charge in [0.2, 0.25) is 0 Å². The molecule has 0 aliphatic heterocycles. The molecule has 1 rings (SSSR count). The van der Waals surface area contributed by atoms with E-state index in [0.717, 1.165) is 52.0 Å². The molecule has 4 heteroatoms. The first-order valence-corrected chi connectivity index (χ1v) is 6.59. The van der Waals surface area contributed by atoms with Gasteiger partial charge in [-0.25, -0.2) is 4.98 Å². The van der Waals surface area contributed by atoms with Crippen molar-refractivity contribution < 1.29 is 4.74 Å². The summed E-state index contributed by atoms with van der Waals surface area (Å²) in [5.41, 5.74) is 1.18. The van der Waals surface area contributed by atoms with Crippen molar-refractivity contribution in [3.05, 3.63) is 18.2 Å². The van der Waals surface area contributed by atoms with Crippen molar-refractivity contribution in [2.45, 2.75) is 32.6 Å². The fourth-order valence-electron chi connectivity index (χ4n) is 1.57. The van der Waals surface area contributed by atoms with Crippen molar-refractivity contribution >= 4 is 0 Å². The van der Waals surface area contributed by atoms with Gasteiger partial charge in [0.25, 0.3) is 0 Å². The third-order valence-corrected chi connectivity index (χ3v) is 2.57. The molecule has 1 aromatic heterocycles. The van der Waals surface area contributed by atoms with E-state index < -0.39 is 0 Å². The van der Waals surface area contributed by atoms with Crippen LogP contribution in [0.25, 0.3) is 0 Å². The molecule has 1 aromatic rings. The van der Waals surface area contributed by atoms with E-state index in [0.29, 0.717) is 0 Å². The molecule has 0 fully saturated rings. The van der Waals surface area contributed by atoms with E-state index >= 15 is 0 Å². The molecule has 100 valence electrons. The normalized spacial score (nSPS) is 10.1. The second-order valence-electron chi connectivity index (χ2n) is 4.07. The Kier molecular flexibility index (Phi) is 8.87. The van der Waals surface area contributed by atoms with Crippen LogP contribution in [-0.2, 0) is 11.2 Å². The van der Waals surface area contributed by atoms with Crippen LogP contribution in [0.4, 0.5) is 0 Å². The molecule has 0 bridgehead atoms. The quantitative estimate of drug-likeness (QED) is 0.490. The molecule has 1 heterocycles. The van der Waals surface area contributed by atoms with Crippen molar-refractivity contribution in [3.8, 4) is 11.8 Å². The van der Waals surface area contributed by atoms with Gasteiger partial charge in [-0.2, -0.15) is 0 Å². The molecule has 4 nitrogen and oxygen atoms in total. The first kappa shape index (κ1) is 14.7. The zero-order valence-electron chi connectivity index (χ0n) is 11.2. The maximum absolute atomic E-state index is 5.46. The summed E-state index contributed by atoms with van der Waals surface area (Å²) < 4.78 is 5.46. The van der Waals surface area contributed by atoms with E-state index in [9.17, 15) is 0 Å². The van der Waals surface area contributed by atoms with Gasteiger partial charge < -0.3 is 15.0 Å². The van der Waals surface area contributed by atoms with Gasteiger partial charge in [0, 0.05) is 37.9 Å². The second kappa shape index (κ2) is 10.8. The van der Waals surface area contributed by atoms with E-state index in [1.807, 2.05) is 13.1 Å². The van der Waals surface area contributed by atoms with Crippen LogP contribution in [0.3, 0.4) is 0 Å². The Labute approximate surface area is 110 Å². The van der Waals surface area contributed by atoms with Gasteiger partial charge in [-0.05, 0) is 26.3 Å². The molecule has 2 N–H and O–H groups in total. The number of ether oxygens (including phenoxy) is 1. The van der Waals surface area contributed by atoms with E-state index in [1.54, 1.807) is 6.33 Å². The van der Waals surface area contributed by atoms with Crippen molar-refractivity contribution in [3.63, 3.8) is 0 Å². The number of aromatic amines is 1. The summed E-state index contributed by atoms with van der Waals surface area (Å²) in [7, 11) is 0. The number of hydrogen-bond donors (Lipinski definition) is 2. The zero-order valence-corrected chi connectivity index (χ0v) is 11.2. The number of nitrogens with one attached hydrogen (secondary N) is 2. The first-order chi connectivity index (χ1) is 8.93. The highest BCUT2D eigenvalue weighted by atomic mass is 16.5. The van der Waals surface area contributed by atoms with Crippen LogP contribution in [-0.4, -0.2) is 36.3 Å². The summed E-state index contributed by atoms with van der Waals surface area (Å²) in [6, 6.07) is 0. The summed E-state index contributed by atoms with van der Waals surface area (Å²) in [6.45, 7) is 5.50. The van der Waals surface area contributed by atoms with Crippen molar-refractivity contribution in [2.75, 3.05) is 26.3 Å². The standard InChI is InChI=1S/C14H23N3O/c1-2-3-5-10-18-11-6-4-8-15-9-7-14-12-16-13-17-14/h12-13,15H,4-11H2,1H3,(H,16,17). The highest BCUT2D eigenvalue weighted by Gasteiger charge is 1.93. The van der Waals surface area contributed by atoms with E-state index in [2.05, 4.69) is 27.1 Å². The lowest BCUT2D eigenvalue weighted by Crippen LogP contribution is -2.19. The van der Waals surface area contributed by atoms with Crippen LogP contribution >= 0.6 is 0 Å². The number of hydrogen-bond acceptors (Lipinski definition) is 3. The van der Waals surface area contributed by atoms with Gasteiger partial charge in [0.15, 0.2) is 0 Å². The lowest BCUT2D eigenvalue weighted by Gasteiger charge is -2.04. The molecule has 0 aliphatic carbocycles. The minimum absolute atomic E-state index is 0.758. The van der Waals surface area contributed by atoms with E-state index in [4.69, 9.17) is 4.74 Å². The van der Waals surface area contributed by atoms with Crippen LogP contribution in [0, 0.1) is 11.8 Å². The molecule has 0 aliphatic rings. The van der Waals surface area contributed by atoms with Crippen molar-refractivity contribution in [1.82, 2.24) is 15.3 Å². The summed E-state index contributed by atoms with van der Waals surface area (Å²) >= 11 is 0. The van der Waals surface area contributed by atoms with Gasteiger partial charge in [-0.3, -0.25) is 0 Å². The second-order valence-corrected chi connectivity index (χ2v) is 4.07. The topological polar surface area (TPSA) is 49.9 Å². The number of imidazole rings is 1. The molecular formula is C14H23N3O. The van der Waals surface area contributed by atoms with Crippen LogP contribution in [0.1, 0.15) is 31.9 Å². The van der Waals surface area contributed by atoms with Gasteiger partial charge in [-0.15, -0.1) is 11.8 Å². The fraction of sp³-hybridized carbons (Fsp3) is 0.643. The molecule has 18 heavy (non-hydrogen) atoms. The van der Waals surface area contributed by atoms with Crippen LogP contribution < -0.4 is 5.32 Å². The maximum Gasteiger partial charge on any atom is 0.0921 e. The molecule has 0 saturated heterocycles. The van der Waals surface area contributed by atoms with Gasteiger partial charge in [0.05, 0.1) is 12.9 Å². The molecule has 0 spiro atoms. The Morgan fingerprint density at radius 3 is 3.06 bits per heavy atom. The maximum atomic E-state index is 5.46. The first-order valence-electron chi connectivity index (χ1n) is 6.59. The minimum atomic E-state index is 0.758. The number of nitrogens with zero attached hydrogens (tertiary/aromatic N) is 1. The SMILES string of the molecule is CC#CCCOCCCCNCCc1cnc[nH]1. The Balaban J connectivity index is 1.77. The number of aromatic nitrogens is 2. The minimum Gasteiger partial charge on any atom is -0.380 e. The van der Waals surface area contributed by atoms with Crippen molar-refractivity contribution in [1.29, 1.82) is 0 Å². The lowest BCUT2D eigenvalue weighted by molar-refractivity contribution is 0.136. The average Bonchev–Trinajstić information content (AvgIpc) is 2.89. The van der Waals surface area contributed by atoms with Crippen LogP contribution in [0.5, 0.6) is 0 Å². The lowest BCUT2D eigenvalue weighted by atomic mass is 10.3. The summed E-state index contributed by atoms with van der Waals surface area (Å²) in [6.07, 6.45) is 7.70. The van der Waals surface area contributed by atoms with Gasteiger partial charge >= 0.3 is 0 Å². The Morgan fingerprint density at radius 2 is 2.28 bits per heavy atom. The van der Waals surface area contributed by atoms with Crippen LogP contribution in [0.2, 0.25) is 0 Å². The number of H-pyrrole nitrogens is 1. The third-order valence-electron chi connectivity index (χ3n) is 2.57. The fourth-order valence-corrected chi connectivity index (χ4v) is 1.57.